The molecule has 4 heteroatoms. The quantitative estimate of drug-likeness (QED) is 0.672. The minimum absolute atomic E-state index is 0.0650. The largest absolute Gasteiger partial charge is 0.332 e. The van der Waals surface area contributed by atoms with Crippen molar-refractivity contribution in [3.63, 3.8) is 0 Å². The third kappa shape index (κ3) is 2.78. The Hall–Kier alpha value is -0.900. The van der Waals surface area contributed by atoms with Gasteiger partial charge in [-0.25, -0.2) is 0 Å². The number of nitrogens with zero attached hydrogens (tertiary/aromatic N) is 1. The van der Waals surface area contributed by atoms with E-state index in [0.717, 1.165) is 19.1 Å². The number of nitrogens with one attached hydrogen (secondary N) is 1. The molecule has 1 aliphatic heterocycles. The summed E-state index contributed by atoms with van der Waals surface area (Å²) in [6.07, 6.45) is 2.46. The summed E-state index contributed by atoms with van der Waals surface area (Å²) < 4.78 is 0. The smallest absolute Gasteiger partial charge is 0.240 e. The lowest BCUT2D eigenvalue weighted by atomic mass is 10.0. The van der Waals surface area contributed by atoms with Crippen LogP contribution in [0, 0.1) is 5.92 Å². The first kappa shape index (κ1) is 12.2. The second-order valence-corrected chi connectivity index (χ2v) is 4.49. The molecule has 0 bridgehead atoms. The molecule has 1 fully saturated rings. The van der Waals surface area contributed by atoms with E-state index in [4.69, 9.17) is 0 Å². The Morgan fingerprint density at radius 2 is 2.27 bits per heavy atom. The molecule has 1 heterocycles. The Labute approximate surface area is 91.0 Å². The van der Waals surface area contributed by atoms with E-state index in [0.29, 0.717) is 12.5 Å². The first-order valence-electron chi connectivity index (χ1n) is 5.53. The molecule has 15 heavy (non-hydrogen) atoms. The predicted octanol–water partition coefficient (Wildman–Crippen LogP) is 0.420. The van der Waals surface area contributed by atoms with Crippen molar-refractivity contribution >= 4 is 12.2 Å². The first-order valence-corrected chi connectivity index (χ1v) is 5.53. The van der Waals surface area contributed by atoms with E-state index in [1.807, 2.05) is 0 Å². The summed E-state index contributed by atoms with van der Waals surface area (Å²) in [7, 11) is 1.78. The van der Waals surface area contributed by atoms with E-state index >= 15 is 0 Å². The second kappa shape index (κ2) is 5.26. The molecule has 0 aromatic heterocycles. The lowest BCUT2D eigenvalue weighted by Crippen LogP contribution is -2.43. The van der Waals surface area contributed by atoms with Crippen LogP contribution in [0.25, 0.3) is 0 Å². The molecular formula is C11H20N2O2. The highest BCUT2D eigenvalue weighted by Crippen LogP contribution is 2.18. The van der Waals surface area contributed by atoms with E-state index in [-0.39, 0.29) is 18.0 Å². The fourth-order valence-electron chi connectivity index (χ4n) is 2.04. The summed E-state index contributed by atoms with van der Waals surface area (Å²) in [6.45, 7) is 4.82. The van der Waals surface area contributed by atoms with Crippen molar-refractivity contribution in [2.45, 2.75) is 38.8 Å². The van der Waals surface area contributed by atoms with Gasteiger partial charge in [0.25, 0.3) is 0 Å². The number of hydrogen-bond acceptors (Lipinski definition) is 3. The molecule has 0 aliphatic carbocycles. The van der Waals surface area contributed by atoms with Crippen LogP contribution in [0.2, 0.25) is 0 Å². The molecule has 1 aliphatic rings. The first-order chi connectivity index (χ1) is 7.10. The Morgan fingerprint density at radius 1 is 1.60 bits per heavy atom. The molecule has 0 aromatic rings. The summed E-state index contributed by atoms with van der Waals surface area (Å²) in [5, 5.41) is 2.97. The highest BCUT2D eigenvalue weighted by atomic mass is 16.2. The standard InChI is InChI=1S/C11H20N2O2/c1-8(2)6-9(7-14)13-5-4-10(12-3)11(13)15/h7-10,12H,4-6H2,1-3H3. The fourth-order valence-corrected chi connectivity index (χ4v) is 2.04. The van der Waals surface area contributed by atoms with Crippen LogP contribution in [0.1, 0.15) is 26.7 Å². The van der Waals surface area contributed by atoms with Gasteiger partial charge in [0.1, 0.15) is 6.29 Å². The van der Waals surface area contributed by atoms with Gasteiger partial charge in [-0.1, -0.05) is 13.8 Å². The topological polar surface area (TPSA) is 49.4 Å². The molecule has 2 unspecified atom stereocenters. The molecule has 0 radical (unpaired) electrons. The number of hydrogen-bond donors (Lipinski definition) is 1. The SMILES string of the molecule is CNC1CCN(C(C=O)CC(C)C)C1=O. The Kier molecular flexibility index (Phi) is 4.27. The van der Waals surface area contributed by atoms with E-state index in [1.54, 1.807) is 11.9 Å². The van der Waals surface area contributed by atoms with Gasteiger partial charge in [-0.05, 0) is 25.8 Å². The normalized spacial score (nSPS) is 23.6. The van der Waals surface area contributed by atoms with E-state index in [2.05, 4.69) is 19.2 Å². The van der Waals surface area contributed by atoms with Crippen LogP contribution >= 0.6 is 0 Å². The molecule has 2 atom stereocenters. The van der Waals surface area contributed by atoms with Crippen LogP contribution in [0.4, 0.5) is 0 Å². The monoisotopic (exact) mass is 212 g/mol. The van der Waals surface area contributed by atoms with Crippen LogP contribution in [-0.4, -0.2) is 42.8 Å². The minimum Gasteiger partial charge on any atom is -0.332 e. The van der Waals surface area contributed by atoms with Crippen molar-refractivity contribution in [2.75, 3.05) is 13.6 Å². The summed E-state index contributed by atoms with van der Waals surface area (Å²) in [4.78, 5) is 24.5. The molecule has 1 N–H and O–H groups in total. The molecule has 0 saturated carbocycles. The maximum atomic E-state index is 11.8. The number of carbonyl (C=O) groups excluding carboxylic acids is 2. The van der Waals surface area contributed by atoms with Gasteiger partial charge in [0, 0.05) is 6.54 Å². The number of likely N-dealkylation sites (tertiary alicyclic amines) is 1. The van der Waals surface area contributed by atoms with Crippen molar-refractivity contribution in [1.82, 2.24) is 10.2 Å². The van der Waals surface area contributed by atoms with Crippen LogP contribution in [0.3, 0.4) is 0 Å². The van der Waals surface area contributed by atoms with Crippen molar-refractivity contribution in [2.24, 2.45) is 5.92 Å². The van der Waals surface area contributed by atoms with E-state index in [9.17, 15) is 9.59 Å². The molecule has 1 rings (SSSR count). The third-order valence-corrected chi connectivity index (χ3v) is 2.86. The second-order valence-electron chi connectivity index (χ2n) is 4.49. The zero-order chi connectivity index (χ0) is 11.4. The zero-order valence-electron chi connectivity index (χ0n) is 9.69. The van der Waals surface area contributed by atoms with Gasteiger partial charge in [-0.2, -0.15) is 0 Å². The van der Waals surface area contributed by atoms with Crippen LogP contribution < -0.4 is 5.32 Å². The van der Waals surface area contributed by atoms with Crippen LogP contribution in [0.5, 0.6) is 0 Å². The highest BCUT2D eigenvalue weighted by molar-refractivity contribution is 5.86. The third-order valence-electron chi connectivity index (χ3n) is 2.86. The molecule has 1 saturated heterocycles. The lowest BCUT2D eigenvalue weighted by molar-refractivity contribution is -0.134. The van der Waals surface area contributed by atoms with Gasteiger partial charge in [0.2, 0.25) is 5.91 Å². The van der Waals surface area contributed by atoms with Crippen molar-refractivity contribution in [1.29, 1.82) is 0 Å². The molecule has 0 spiro atoms. The number of rotatable bonds is 5. The van der Waals surface area contributed by atoms with Gasteiger partial charge in [0.05, 0.1) is 12.1 Å². The van der Waals surface area contributed by atoms with Crippen LogP contribution in [0.15, 0.2) is 0 Å². The number of carbonyl (C=O) groups is 2. The minimum atomic E-state index is -0.240. The highest BCUT2D eigenvalue weighted by Gasteiger charge is 2.34. The van der Waals surface area contributed by atoms with Crippen molar-refractivity contribution in [3.05, 3.63) is 0 Å². The zero-order valence-corrected chi connectivity index (χ0v) is 9.69. The maximum Gasteiger partial charge on any atom is 0.240 e. The van der Waals surface area contributed by atoms with E-state index in [1.165, 1.54) is 0 Å². The average molecular weight is 212 g/mol. The Morgan fingerprint density at radius 3 is 2.67 bits per heavy atom. The number of amides is 1. The average Bonchev–Trinajstić information content (AvgIpc) is 2.56. The Balaban J connectivity index is 2.62. The van der Waals surface area contributed by atoms with Gasteiger partial charge in [0.15, 0.2) is 0 Å². The van der Waals surface area contributed by atoms with Gasteiger partial charge < -0.3 is 15.0 Å². The maximum absolute atomic E-state index is 11.8. The summed E-state index contributed by atoms with van der Waals surface area (Å²) in [5.74, 6) is 0.497. The summed E-state index contributed by atoms with van der Waals surface area (Å²) >= 11 is 0. The van der Waals surface area contributed by atoms with E-state index < -0.39 is 0 Å². The van der Waals surface area contributed by atoms with Gasteiger partial charge in [-0.3, -0.25) is 4.79 Å². The number of likely N-dealkylation sites (N-methyl/N-ethyl adjacent to an activating group) is 1. The number of aldehydes is 1. The summed E-state index contributed by atoms with van der Waals surface area (Å²) in [5.41, 5.74) is 0. The summed E-state index contributed by atoms with van der Waals surface area (Å²) in [6, 6.07) is -0.338. The molecule has 0 aromatic carbocycles. The van der Waals surface area contributed by atoms with Gasteiger partial charge >= 0.3 is 0 Å². The fraction of sp³-hybridized carbons (Fsp3) is 0.818. The molecular weight excluding hydrogens is 192 g/mol. The van der Waals surface area contributed by atoms with Crippen LogP contribution in [-0.2, 0) is 9.59 Å². The molecule has 4 nitrogen and oxygen atoms in total. The predicted molar refractivity (Wildman–Crippen MR) is 58.5 cm³/mol. The van der Waals surface area contributed by atoms with Crippen molar-refractivity contribution in [3.8, 4) is 0 Å². The lowest BCUT2D eigenvalue weighted by Gasteiger charge is -2.24. The molecule has 1 amide bonds. The molecule has 86 valence electrons. The van der Waals surface area contributed by atoms with Crippen molar-refractivity contribution < 1.29 is 9.59 Å². The Bertz CT molecular complexity index is 241. The van der Waals surface area contributed by atoms with Gasteiger partial charge in [-0.15, -0.1) is 0 Å².